The largest absolute Gasteiger partial charge is 0.368 e. The van der Waals surface area contributed by atoms with Crippen molar-refractivity contribution < 1.29 is 19.1 Å². The maximum Gasteiger partial charge on any atom is 0.267 e. The molecule has 7 nitrogen and oxygen atoms in total. The highest BCUT2D eigenvalue weighted by molar-refractivity contribution is 5.96. The first kappa shape index (κ1) is 14.6. The quantitative estimate of drug-likeness (QED) is 0.807. The summed E-state index contributed by atoms with van der Waals surface area (Å²) in [7, 11) is 0. The summed E-state index contributed by atoms with van der Waals surface area (Å²) in [6.45, 7) is 0.583. The zero-order chi connectivity index (χ0) is 15.7. The van der Waals surface area contributed by atoms with Gasteiger partial charge in [-0.3, -0.25) is 19.4 Å². The van der Waals surface area contributed by atoms with Gasteiger partial charge in [0.05, 0.1) is 12.5 Å². The molecule has 1 aromatic rings. The first-order valence-electron chi connectivity index (χ1n) is 7.09. The number of amides is 2. The number of nitrogens with zero attached hydrogens (tertiary/aromatic N) is 2. The van der Waals surface area contributed by atoms with E-state index in [2.05, 4.69) is 4.98 Å². The Balaban J connectivity index is 1.66. The van der Waals surface area contributed by atoms with E-state index < -0.39 is 11.9 Å². The lowest BCUT2D eigenvalue weighted by Gasteiger charge is -2.21. The van der Waals surface area contributed by atoms with Gasteiger partial charge in [-0.05, 0) is 24.5 Å². The Morgan fingerprint density at radius 2 is 2.32 bits per heavy atom. The van der Waals surface area contributed by atoms with Gasteiger partial charge in [-0.1, -0.05) is 6.07 Å². The van der Waals surface area contributed by atoms with Crippen molar-refractivity contribution in [2.45, 2.75) is 25.0 Å². The molecule has 2 amide bonds. The summed E-state index contributed by atoms with van der Waals surface area (Å²) in [5.41, 5.74) is 6.01. The molecule has 1 radical (unpaired) electrons. The van der Waals surface area contributed by atoms with Crippen molar-refractivity contribution in [3.63, 3.8) is 0 Å². The van der Waals surface area contributed by atoms with Crippen molar-refractivity contribution in [3.05, 3.63) is 36.0 Å². The van der Waals surface area contributed by atoms with Crippen LogP contribution >= 0.6 is 0 Å². The number of likely N-dealkylation sites (tertiary alicyclic amines) is 1. The average molecular weight is 302 g/mol. The number of ketones is 1. The van der Waals surface area contributed by atoms with E-state index in [9.17, 15) is 14.4 Å². The van der Waals surface area contributed by atoms with Crippen molar-refractivity contribution in [3.8, 4) is 0 Å². The molecule has 2 fully saturated rings. The Hall–Kier alpha value is -2.28. The maximum absolute atomic E-state index is 12.3. The molecule has 0 aliphatic carbocycles. The minimum Gasteiger partial charge on any atom is -0.368 e. The summed E-state index contributed by atoms with van der Waals surface area (Å²) in [5, 5.41) is 0. The van der Waals surface area contributed by atoms with Crippen molar-refractivity contribution in [2.24, 2.45) is 5.73 Å². The minimum absolute atomic E-state index is 0.0524. The molecule has 0 spiro atoms. The standard InChI is InChI=1S/C15H16N3O4/c16-15(21)13-9(2-1-6-17-13)3-4-12(20)18-7-5-11-14(18)10(19)8-22-11/h1-2,4,6,11,14H,3,5,7-8H2,(H2,16,21). The van der Waals surface area contributed by atoms with E-state index >= 15 is 0 Å². The summed E-state index contributed by atoms with van der Waals surface area (Å²) in [6.07, 6.45) is 3.68. The summed E-state index contributed by atoms with van der Waals surface area (Å²) in [5.74, 6) is -0.911. The number of fused-ring (bicyclic) bond motifs is 1. The SMILES string of the molecule is NC(=O)c1ncccc1C[CH]C(=O)N1CCC2OCC(=O)C21. The minimum atomic E-state index is -0.628. The number of Topliss-reactive ketones (excluding diaryl/α,β-unsaturated/α-hetero) is 1. The van der Waals surface area contributed by atoms with E-state index in [1.54, 1.807) is 17.0 Å². The number of ether oxygens (including phenoxy) is 1. The maximum atomic E-state index is 12.3. The molecular formula is C15H16N3O4. The van der Waals surface area contributed by atoms with E-state index in [0.29, 0.717) is 18.5 Å². The van der Waals surface area contributed by atoms with Crippen LogP contribution in [0.15, 0.2) is 18.3 Å². The predicted octanol–water partition coefficient (Wildman–Crippen LogP) is -0.504. The Morgan fingerprint density at radius 1 is 1.50 bits per heavy atom. The van der Waals surface area contributed by atoms with Crippen molar-refractivity contribution in [1.29, 1.82) is 0 Å². The highest BCUT2D eigenvalue weighted by atomic mass is 16.5. The Labute approximate surface area is 127 Å². The number of hydrogen-bond acceptors (Lipinski definition) is 5. The van der Waals surface area contributed by atoms with Gasteiger partial charge in [0.25, 0.3) is 5.91 Å². The molecule has 7 heteroatoms. The summed E-state index contributed by atoms with van der Waals surface area (Å²) >= 11 is 0. The third-order valence-corrected chi connectivity index (χ3v) is 4.02. The second-order valence-corrected chi connectivity index (χ2v) is 5.36. The highest BCUT2D eigenvalue weighted by Gasteiger charge is 2.46. The second-order valence-electron chi connectivity index (χ2n) is 5.36. The van der Waals surface area contributed by atoms with Crippen LogP contribution in [0.1, 0.15) is 22.5 Å². The second kappa shape index (κ2) is 5.84. The van der Waals surface area contributed by atoms with Crippen LogP contribution in [-0.4, -0.2) is 52.8 Å². The van der Waals surface area contributed by atoms with Crippen LogP contribution in [-0.2, 0) is 20.7 Å². The predicted molar refractivity (Wildman–Crippen MR) is 75.6 cm³/mol. The molecule has 0 bridgehead atoms. The molecule has 2 unspecified atom stereocenters. The van der Waals surface area contributed by atoms with Crippen LogP contribution in [0.2, 0.25) is 0 Å². The van der Waals surface area contributed by atoms with E-state index in [1.165, 1.54) is 12.6 Å². The van der Waals surface area contributed by atoms with Crippen molar-refractivity contribution in [2.75, 3.05) is 13.2 Å². The van der Waals surface area contributed by atoms with Crippen LogP contribution in [0.3, 0.4) is 0 Å². The third-order valence-electron chi connectivity index (χ3n) is 4.02. The molecule has 2 atom stereocenters. The molecule has 22 heavy (non-hydrogen) atoms. The molecule has 115 valence electrons. The Kier molecular flexibility index (Phi) is 3.89. The lowest BCUT2D eigenvalue weighted by molar-refractivity contribution is -0.133. The Bertz CT molecular complexity index is 631. The number of primary amides is 1. The average Bonchev–Trinajstić information content (AvgIpc) is 3.08. The van der Waals surface area contributed by atoms with Gasteiger partial charge in [0, 0.05) is 12.7 Å². The molecule has 2 N–H and O–H groups in total. The number of carbonyl (C=O) groups is 3. The molecule has 2 aliphatic heterocycles. The fraction of sp³-hybridized carbons (Fsp3) is 0.400. The molecule has 0 aromatic carbocycles. The summed E-state index contributed by atoms with van der Waals surface area (Å²) in [6, 6.07) is 2.92. The molecule has 3 rings (SSSR count). The van der Waals surface area contributed by atoms with Crippen LogP contribution in [0.25, 0.3) is 0 Å². The fourth-order valence-electron chi connectivity index (χ4n) is 2.98. The number of rotatable bonds is 4. The molecule has 3 heterocycles. The summed E-state index contributed by atoms with van der Waals surface area (Å²) in [4.78, 5) is 40.9. The van der Waals surface area contributed by atoms with E-state index in [0.717, 1.165) is 0 Å². The third kappa shape index (κ3) is 2.59. The van der Waals surface area contributed by atoms with Gasteiger partial charge in [0.2, 0.25) is 5.91 Å². The Morgan fingerprint density at radius 3 is 3.09 bits per heavy atom. The number of pyridine rings is 1. The number of nitrogens with two attached hydrogens (primary N) is 1. The van der Waals surface area contributed by atoms with Gasteiger partial charge < -0.3 is 15.4 Å². The van der Waals surface area contributed by atoms with Crippen LogP contribution in [0.4, 0.5) is 0 Å². The van der Waals surface area contributed by atoms with Crippen molar-refractivity contribution in [1.82, 2.24) is 9.88 Å². The monoisotopic (exact) mass is 302 g/mol. The summed E-state index contributed by atoms with van der Waals surface area (Å²) < 4.78 is 5.35. The van der Waals surface area contributed by atoms with Gasteiger partial charge in [0.15, 0.2) is 5.78 Å². The first-order valence-corrected chi connectivity index (χ1v) is 7.09. The zero-order valence-electron chi connectivity index (χ0n) is 11.9. The normalized spacial score (nSPS) is 23.6. The van der Waals surface area contributed by atoms with Crippen molar-refractivity contribution >= 4 is 17.6 Å². The molecule has 1 aromatic heterocycles. The van der Waals surface area contributed by atoms with Crippen LogP contribution in [0, 0.1) is 6.42 Å². The van der Waals surface area contributed by atoms with Gasteiger partial charge in [0.1, 0.15) is 18.3 Å². The number of carbonyl (C=O) groups excluding carboxylic acids is 3. The highest BCUT2D eigenvalue weighted by Crippen LogP contribution is 2.27. The van der Waals surface area contributed by atoms with Crippen LogP contribution < -0.4 is 5.73 Å². The lowest BCUT2D eigenvalue weighted by Crippen LogP contribution is -2.42. The first-order chi connectivity index (χ1) is 10.6. The fourth-order valence-corrected chi connectivity index (χ4v) is 2.98. The molecule has 0 saturated carbocycles. The van der Waals surface area contributed by atoms with Gasteiger partial charge >= 0.3 is 0 Å². The smallest absolute Gasteiger partial charge is 0.267 e. The zero-order valence-corrected chi connectivity index (χ0v) is 11.9. The number of aromatic nitrogens is 1. The molecule has 2 saturated heterocycles. The lowest BCUT2D eigenvalue weighted by atomic mass is 10.1. The number of hydrogen-bond donors (Lipinski definition) is 1. The van der Waals surface area contributed by atoms with E-state index in [-0.39, 0.29) is 36.5 Å². The van der Waals surface area contributed by atoms with E-state index in [4.69, 9.17) is 10.5 Å². The van der Waals surface area contributed by atoms with Gasteiger partial charge in [-0.25, -0.2) is 0 Å². The van der Waals surface area contributed by atoms with Gasteiger partial charge in [-0.15, -0.1) is 0 Å². The van der Waals surface area contributed by atoms with Gasteiger partial charge in [-0.2, -0.15) is 0 Å². The van der Waals surface area contributed by atoms with Crippen LogP contribution in [0.5, 0.6) is 0 Å². The van der Waals surface area contributed by atoms with E-state index in [1.807, 2.05) is 0 Å². The molecule has 2 aliphatic rings. The topological polar surface area (TPSA) is 103 Å². The molecular weight excluding hydrogens is 286 g/mol.